The fourth-order valence-electron chi connectivity index (χ4n) is 12.6. The number of rotatable bonds is 3. The number of hydrogen-bond donors (Lipinski definition) is 0. The molecule has 1 heterocycles. The molecule has 2 saturated carbocycles. The Labute approximate surface area is 329 Å². The average molecular weight is 720 g/mol. The summed E-state index contributed by atoms with van der Waals surface area (Å²) in [5, 5.41) is 7.83. The van der Waals surface area contributed by atoms with E-state index in [1.807, 2.05) is 0 Å². The Kier molecular flexibility index (Phi) is 6.95. The van der Waals surface area contributed by atoms with E-state index < -0.39 is 0 Å². The van der Waals surface area contributed by atoms with E-state index in [2.05, 4.69) is 182 Å². The first-order valence-electron chi connectivity index (χ1n) is 20.9. The van der Waals surface area contributed by atoms with Crippen LogP contribution in [-0.2, 0) is 5.41 Å². The van der Waals surface area contributed by atoms with Gasteiger partial charge in [-0.05, 0) is 146 Å². The van der Waals surface area contributed by atoms with E-state index in [1.54, 1.807) is 11.1 Å². The van der Waals surface area contributed by atoms with Crippen LogP contribution in [0, 0.1) is 23.7 Å². The van der Waals surface area contributed by atoms with Crippen molar-refractivity contribution in [1.82, 2.24) is 4.57 Å². The maximum absolute atomic E-state index is 2.65. The third-order valence-corrected chi connectivity index (χ3v) is 14.5. The topological polar surface area (TPSA) is 4.93 Å². The average Bonchev–Trinajstić information content (AvgIpc) is 3.73. The van der Waals surface area contributed by atoms with Crippen LogP contribution >= 0.6 is 0 Å². The fourth-order valence-corrected chi connectivity index (χ4v) is 12.6. The number of benzene rings is 8. The lowest BCUT2D eigenvalue weighted by Crippen LogP contribution is -2.49. The molecule has 2 bridgehead atoms. The molecule has 2 fully saturated rings. The van der Waals surface area contributed by atoms with Crippen molar-refractivity contribution in [1.29, 1.82) is 0 Å². The van der Waals surface area contributed by atoms with Crippen LogP contribution in [0.4, 0.5) is 0 Å². The van der Waals surface area contributed by atoms with Crippen LogP contribution in [-0.4, -0.2) is 4.57 Å². The lowest BCUT2D eigenvalue weighted by atomic mass is 9.49. The SMILES string of the molecule is CC1CC2CC(C)C3(c4ccccc4-c4ccc(-c5c6ccccc6c(-c6ccc(-n7c8ccccc8c8ccccc87)cc6)c6ccccc56)cc43)C(C1)C2. The van der Waals surface area contributed by atoms with Gasteiger partial charge in [-0.15, -0.1) is 0 Å². The van der Waals surface area contributed by atoms with Crippen LogP contribution in [0.3, 0.4) is 0 Å². The van der Waals surface area contributed by atoms with Crippen LogP contribution in [0.25, 0.3) is 82.4 Å². The Hall–Kier alpha value is -5.92. The predicted octanol–water partition coefficient (Wildman–Crippen LogP) is 14.8. The number of fused-ring (bicyclic) bond motifs is 13. The van der Waals surface area contributed by atoms with Crippen LogP contribution in [0.1, 0.15) is 50.7 Å². The second-order valence-electron chi connectivity index (χ2n) is 17.4. The minimum Gasteiger partial charge on any atom is -0.309 e. The van der Waals surface area contributed by atoms with Gasteiger partial charge in [-0.3, -0.25) is 0 Å². The van der Waals surface area contributed by atoms with Gasteiger partial charge in [-0.1, -0.05) is 147 Å². The zero-order valence-electron chi connectivity index (χ0n) is 32.2. The Balaban J connectivity index is 1.05. The van der Waals surface area contributed by atoms with Crippen molar-refractivity contribution in [3.05, 3.63) is 175 Å². The van der Waals surface area contributed by atoms with E-state index >= 15 is 0 Å². The molecule has 0 amide bonds. The van der Waals surface area contributed by atoms with Crippen LogP contribution < -0.4 is 0 Å². The van der Waals surface area contributed by atoms with E-state index in [1.165, 1.54) is 108 Å². The second-order valence-corrected chi connectivity index (χ2v) is 17.4. The number of hydrogen-bond acceptors (Lipinski definition) is 0. The van der Waals surface area contributed by atoms with Gasteiger partial charge in [0, 0.05) is 21.9 Å². The van der Waals surface area contributed by atoms with Crippen LogP contribution in [0.5, 0.6) is 0 Å². The van der Waals surface area contributed by atoms with Crippen molar-refractivity contribution in [2.75, 3.05) is 0 Å². The van der Waals surface area contributed by atoms with Gasteiger partial charge in [-0.25, -0.2) is 0 Å². The Bertz CT molecular complexity index is 2920. The van der Waals surface area contributed by atoms with Crippen molar-refractivity contribution < 1.29 is 0 Å². The molecule has 56 heavy (non-hydrogen) atoms. The number of nitrogens with zero attached hydrogens (tertiary/aromatic N) is 1. The molecule has 1 heteroatoms. The first-order valence-corrected chi connectivity index (χ1v) is 20.9. The maximum atomic E-state index is 2.65. The molecule has 12 rings (SSSR count). The first-order chi connectivity index (χ1) is 27.6. The Morgan fingerprint density at radius 1 is 0.446 bits per heavy atom. The molecular formula is C55H45N. The standard InChI is InChI=1S/C55H45N/c1-34-29-36-31-35(2)55(39(30-34)32-36)49-20-10-7-13-41(49)42-28-25-38(33-50(42)55)54-47-18-5-3-16-45(47)53(46-17-4-6-19-48(46)54)37-23-26-40(27-24-37)56-51-21-11-8-14-43(51)44-15-9-12-22-52(44)56/h3-28,33-36,39H,29-32H2,1-2H3. The summed E-state index contributed by atoms with van der Waals surface area (Å²) < 4.78 is 2.41. The molecule has 1 nitrogen and oxygen atoms in total. The van der Waals surface area contributed by atoms with Gasteiger partial charge in [0.25, 0.3) is 0 Å². The summed E-state index contributed by atoms with van der Waals surface area (Å²) in [6.45, 7) is 5.10. The van der Waals surface area contributed by atoms with Gasteiger partial charge in [0.1, 0.15) is 0 Å². The van der Waals surface area contributed by atoms with Gasteiger partial charge in [0.15, 0.2) is 0 Å². The summed E-state index contributed by atoms with van der Waals surface area (Å²) >= 11 is 0. The smallest absolute Gasteiger partial charge is 0.0541 e. The molecule has 3 aliphatic rings. The lowest BCUT2D eigenvalue weighted by Gasteiger charge is -2.54. The molecule has 3 aliphatic carbocycles. The van der Waals surface area contributed by atoms with Gasteiger partial charge in [0.2, 0.25) is 0 Å². The highest BCUT2D eigenvalue weighted by Crippen LogP contribution is 2.65. The Morgan fingerprint density at radius 2 is 0.964 bits per heavy atom. The van der Waals surface area contributed by atoms with Gasteiger partial charge < -0.3 is 4.57 Å². The normalized spacial score (nSPS) is 22.6. The molecule has 0 aliphatic heterocycles. The van der Waals surface area contributed by atoms with Crippen molar-refractivity contribution >= 4 is 43.4 Å². The van der Waals surface area contributed by atoms with Crippen molar-refractivity contribution in [2.24, 2.45) is 23.7 Å². The summed E-state index contributed by atoms with van der Waals surface area (Å²) in [4.78, 5) is 0. The molecule has 1 spiro atoms. The second kappa shape index (κ2) is 12.0. The highest BCUT2D eigenvalue weighted by atomic mass is 15.0. The van der Waals surface area contributed by atoms with Gasteiger partial charge >= 0.3 is 0 Å². The minimum atomic E-state index is 0.0662. The third kappa shape index (κ3) is 4.37. The molecule has 0 N–H and O–H groups in total. The molecule has 5 unspecified atom stereocenters. The van der Waals surface area contributed by atoms with E-state index in [0.717, 1.165) is 11.8 Å². The zero-order valence-corrected chi connectivity index (χ0v) is 32.2. The van der Waals surface area contributed by atoms with Gasteiger partial charge in [-0.2, -0.15) is 0 Å². The summed E-state index contributed by atoms with van der Waals surface area (Å²) in [5.41, 5.74) is 15.1. The molecule has 0 saturated heterocycles. The summed E-state index contributed by atoms with van der Waals surface area (Å²) in [6, 6.07) is 62.2. The van der Waals surface area contributed by atoms with Gasteiger partial charge in [0.05, 0.1) is 11.0 Å². The summed E-state index contributed by atoms with van der Waals surface area (Å²) in [6.07, 6.45) is 5.42. The maximum Gasteiger partial charge on any atom is 0.0541 e. The summed E-state index contributed by atoms with van der Waals surface area (Å²) in [5.74, 6) is 2.94. The van der Waals surface area contributed by atoms with E-state index in [4.69, 9.17) is 0 Å². The number of aromatic nitrogens is 1. The predicted molar refractivity (Wildman–Crippen MR) is 237 cm³/mol. The van der Waals surface area contributed by atoms with Crippen LogP contribution in [0.2, 0.25) is 0 Å². The molecule has 1 aromatic heterocycles. The van der Waals surface area contributed by atoms with Crippen molar-refractivity contribution in [3.8, 4) is 39.1 Å². The molecular weight excluding hydrogens is 675 g/mol. The summed E-state index contributed by atoms with van der Waals surface area (Å²) in [7, 11) is 0. The highest BCUT2D eigenvalue weighted by Gasteiger charge is 2.56. The minimum absolute atomic E-state index is 0.0662. The molecule has 9 aromatic rings. The quantitative estimate of drug-likeness (QED) is 0.160. The first kappa shape index (κ1) is 32.3. The number of para-hydroxylation sites is 2. The fraction of sp³-hybridized carbons (Fsp3) is 0.200. The monoisotopic (exact) mass is 719 g/mol. The zero-order chi connectivity index (χ0) is 37.1. The van der Waals surface area contributed by atoms with Crippen molar-refractivity contribution in [2.45, 2.75) is 44.9 Å². The largest absolute Gasteiger partial charge is 0.309 e. The Morgan fingerprint density at radius 3 is 1.61 bits per heavy atom. The highest BCUT2D eigenvalue weighted by molar-refractivity contribution is 6.21. The molecule has 5 atom stereocenters. The lowest BCUT2D eigenvalue weighted by molar-refractivity contribution is 0.0426. The third-order valence-electron chi connectivity index (χ3n) is 14.5. The van der Waals surface area contributed by atoms with Crippen LogP contribution in [0.15, 0.2) is 164 Å². The molecule has 0 radical (unpaired) electrons. The van der Waals surface area contributed by atoms with E-state index in [9.17, 15) is 0 Å². The van der Waals surface area contributed by atoms with E-state index in [-0.39, 0.29) is 5.41 Å². The van der Waals surface area contributed by atoms with E-state index in [0.29, 0.717) is 11.8 Å². The van der Waals surface area contributed by atoms with Crippen molar-refractivity contribution in [3.63, 3.8) is 0 Å². The molecule has 270 valence electrons. The molecule has 8 aromatic carbocycles.